The fourth-order valence-electron chi connectivity index (χ4n) is 1.13. The van der Waals surface area contributed by atoms with Crippen molar-refractivity contribution >= 4 is 5.69 Å². The van der Waals surface area contributed by atoms with Gasteiger partial charge < -0.3 is 10.8 Å². The number of nitro benzene ring substituents is 1. The van der Waals surface area contributed by atoms with E-state index >= 15 is 0 Å². The van der Waals surface area contributed by atoms with Crippen molar-refractivity contribution in [1.82, 2.24) is 0 Å². The largest absolute Gasteiger partial charge is 0.387 e. The van der Waals surface area contributed by atoms with Crippen molar-refractivity contribution in [2.24, 2.45) is 5.73 Å². The van der Waals surface area contributed by atoms with E-state index in [2.05, 4.69) is 0 Å². The highest BCUT2D eigenvalue weighted by molar-refractivity contribution is 5.35. The number of nitro groups is 1. The second kappa shape index (κ2) is 4.17. The molecular weight excluding hydrogens is 184 g/mol. The molecule has 0 amide bonds. The lowest BCUT2D eigenvalue weighted by Gasteiger charge is -2.14. The van der Waals surface area contributed by atoms with Crippen molar-refractivity contribution in [2.75, 3.05) is 0 Å². The van der Waals surface area contributed by atoms with Crippen molar-refractivity contribution < 1.29 is 10.0 Å². The van der Waals surface area contributed by atoms with E-state index in [-0.39, 0.29) is 5.69 Å². The van der Waals surface area contributed by atoms with Gasteiger partial charge in [-0.3, -0.25) is 10.1 Å². The molecule has 0 heterocycles. The molecule has 1 rings (SSSR count). The Morgan fingerprint density at radius 3 is 2.71 bits per heavy atom. The minimum Gasteiger partial charge on any atom is -0.387 e. The molecule has 2 atom stereocenters. The van der Waals surface area contributed by atoms with E-state index in [1.165, 1.54) is 18.2 Å². The van der Waals surface area contributed by atoms with Crippen molar-refractivity contribution in [3.63, 3.8) is 0 Å². The quantitative estimate of drug-likeness (QED) is 0.557. The first-order valence-electron chi connectivity index (χ1n) is 4.20. The summed E-state index contributed by atoms with van der Waals surface area (Å²) in [6.45, 7) is 1.64. The summed E-state index contributed by atoms with van der Waals surface area (Å²) in [5, 5.41) is 20.0. The number of aliphatic hydroxyl groups is 1. The molecule has 0 bridgehead atoms. The summed E-state index contributed by atoms with van der Waals surface area (Å²) in [5.74, 6) is 0. The third-order valence-corrected chi connectivity index (χ3v) is 1.92. The maximum Gasteiger partial charge on any atom is 0.269 e. The Kier molecular flexibility index (Phi) is 3.16. The van der Waals surface area contributed by atoms with Crippen LogP contribution in [0.25, 0.3) is 0 Å². The van der Waals surface area contributed by atoms with E-state index < -0.39 is 17.1 Å². The monoisotopic (exact) mass is 196 g/mol. The predicted molar refractivity (Wildman–Crippen MR) is 51.7 cm³/mol. The molecule has 0 aliphatic carbocycles. The minimum atomic E-state index is -0.866. The van der Waals surface area contributed by atoms with Gasteiger partial charge in [-0.15, -0.1) is 0 Å². The highest BCUT2D eigenvalue weighted by atomic mass is 16.6. The molecule has 0 spiro atoms. The van der Waals surface area contributed by atoms with E-state index in [1.54, 1.807) is 13.0 Å². The van der Waals surface area contributed by atoms with Crippen LogP contribution in [0.1, 0.15) is 18.6 Å². The average Bonchev–Trinajstić information content (AvgIpc) is 2.16. The van der Waals surface area contributed by atoms with Gasteiger partial charge in [-0.1, -0.05) is 12.1 Å². The van der Waals surface area contributed by atoms with Crippen LogP contribution in [-0.2, 0) is 0 Å². The Morgan fingerprint density at radius 1 is 1.57 bits per heavy atom. The van der Waals surface area contributed by atoms with Gasteiger partial charge in [0.15, 0.2) is 0 Å². The van der Waals surface area contributed by atoms with Gasteiger partial charge >= 0.3 is 0 Å². The molecular formula is C9H12N2O3. The van der Waals surface area contributed by atoms with Gasteiger partial charge in [0.2, 0.25) is 0 Å². The lowest BCUT2D eigenvalue weighted by molar-refractivity contribution is -0.385. The van der Waals surface area contributed by atoms with Crippen LogP contribution in [0.5, 0.6) is 0 Å². The molecule has 0 saturated heterocycles. The molecule has 76 valence electrons. The Hall–Kier alpha value is -1.46. The van der Waals surface area contributed by atoms with Crippen molar-refractivity contribution in [3.05, 3.63) is 39.9 Å². The van der Waals surface area contributed by atoms with Crippen LogP contribution >= 0.6 is 0 Å². The minimum absolute atomic E-state index is 0.0396. The van der Waals surface area contributed by atoms with Crippen LogP contribution in [0.3, 0.4) is 0 Å². The lowest BCUT2D eigenvalue weighted by atomic mass is 10.0. The Bertz CT molecular complexity index is 339. The maximum atomic E-state index is 10.4. The molecule has 5 nitrogen and oxygen atoms in total. The van der Waals surface area contributed by atoms with E-state index in [0.717, 1.165) is 0 Å². The fourth-order valence-corrected chi connectivity index (χ4v) is 1.13. The summed E-state index contributed by atoms with van der Waals surface area (Å²) < 4.78 is 0. The third kappa shape index (κ3) is 2.27. The zero-order valence-electron chi connectivity index (χ0n) is 7.75. The summed E-state index contributed by atoms with van der Waals surface area (Å²) in [5.41, 5.74) is 5.90. The van der Waals surface area contributed by atoms with E-state index in [4.69, 9.17) is 5.73 Å². The van der Waals surface area contributed by atoms with Crippen LogP contribution in [-0.4, -0.2) is 16.1 Å². The summed E-state index contributed by atoms with van der Waals surface area (Å²) in [4.78, 5) is 9.94. The summed E-state index contributed by atoms with van der Waals surface area (Å²) in [6, 6.07) is 5.39. The summed E-state index contributed by atoms with van der Waals surface area (Å²) >= 11 is 0. The number of non-ortho nitro benzene ring substituents is 1. The standard InChI is InChI=1S/C9H12N2O3/c1-6(10)9(12)7-3-2-4-8(5-7)11(13)14/h2-6,9,12H,10H2,1H3/t6-,9+/m0/s1. The van der Waals surface area contributed by atoms with Gasteiger partial charge in [0.05, 0.1) is 11.0 Å². The van der Waals surface area contributed by atoms with Crippen LogP contribution in [0, 0.1) is 10.1 Å². The van der Waals surface area contributed by atoms with Gasteiger partial charge in [0, 0.05) is 18.2 Å². The molecule has 14 heavy (non-hydrogen) atoms. The van der Waals surface area contributed by atoms with Gasteiger partial charge in [0.1, 0.15) is 0 Å². The Morgan fingerprint density at radius 2 is 2.21 bits per heavy atom. The highest BCUT2D eigenvalue weighted by Crippen LogP contribution is 2.20. The number of aliphatic hydroxyl groups excluding tert-OH is 1. The molecule has 3 N–H and O–H groups in total. The summed E-state index contributed by atoms with van der Waals surface area (Å²) in [6.07, 6.45) is -0.866. The number of hydrogen-bond donors (Lipinski definition) is 2. The molecule has 0 aliphatic rings. The molecule has 0 radical (unpaired) electrons. The maximum absolute atomic E-state index is 10.4. The molecule has 0 aliphatic heterocycles. The molecule has 1 aromatic rings. The second-order valence-corrected chi connectivity index (χ2v) is 3.16. The first-order chi connectivity index (χ1) is 6.52. The fraction of sp³-hybridized carbons (Fsp3) is 0.333. The molecule has 0 aromatic heterocycles. The van der Waals surface area contributed by atoms with Crippen LogP contribution in [0.15, 0.2) is 24.3 Å². The van der Waals surface area contributed by atoms with Crippen LogP contribution < -0.4 is 5.73 Å². The van der Waals surface area contributed by atoms with Crippen molar-refractivity contribution in [2.45, 2.75) is 19.1 Å². The van der Waals surface area contributed by atoms with E-state index in [9.17, 15) is 15.2 Å². The number of rotatable bonds is 3. The second-order valence-electron chi connectivity index (χ2n) is 3.16. The van der Waals surface area contributed by atoms with E-state index in [1.807, 2.05) is 0 Å². The molecule has 0 saturated carbocycles. The smallest absolute Gasteiger partial charge is 0.269 e. The first-order valence-corrected chi connectivity index (χ1v) is 4.20. The third-order valence-electron chi connectivity index (χ3n) is 1.92. The van der Waals surface area contributed by atoms with Gasteiger partial charge in [-0.05, 0) is 12.5 Å². The lowest BCUT2D eigenvalue weighted by Crippen LogP contribution is -2.24. The zero-order chi connectivity index (χ0) is 10.7. The topological polar surface area (TPSA) is 89.4 Å². The number of benzene rings is 1. The average molecular weight is 196 g/mol. The molecule has 1 aromatic carbocycles. The number of nitrogens with zero attached hydrogens (tertiary/aromatic N) is 1. The predicted octanol–water partition coefficient (Wildman–Crippen LogP) is 0.975. The van der Waals surface area contributed by atoms with Crippen molar-refractivity contribution in [1.29, 1.82) is 0 Å². The van der Waals surface area contributed by atoms with Crippen LogP contribution in [0.4, 0.5) is 5.69 Å². The van der Waals surface area contributed by atoms with Gasteiger partial charge in [0.25, 0.3) is 5.69 Å². The Labute approximate surface area is 81.3 Å². The normalized spacial score (nSPS) is 14.8. The SMILES string of the molecule is C[C@H](N)[C@@H](O)c1cccc([N+](=O)[O-])c1. The van der Waals surface area contributed by atoms with E-state index in [0.29, 0.717) is 5.56 Å². The molecule has 0 fully saturated rings. The molecule has 5 heteroatoms. The van der Waals surface area contributed by atoms with Crippen molar-refractivity contribution in [3.8, 4) is 0 Å². The molecule has 0 unspecified atom stereocenters. The summed E-state index contributed by atoms with van der Waals surface area (Å²) in [7, 11) is 0. The Balaban J connectivity index is 2.99. The number of hydrogen-bond acceptors (Lipinski definition) is 4. The van der Waals surface area contributed by atoms with Gasteiger partial charge in [-0.2, -0.15) is 0 Å². The zero-order valence-corrected chi connectivity index (χ0v) is 7.75. The van der Waals surface area contributed by atoms with Crippen LogP contribution in [0.2, 0.25) is 0 Å². The highest BCUT2D eigenvalue weighted by Gasteiger charge is 2.15. The number of nitrogens with two attached hydrogens (primary N) is 1. The first kappa shape index (κ1) is 10.6. The van der Waals surface area contributed by atoms with Gasteiger partial charge in [-0.25, -0.2) is 0 Å².